The highest BCUT2D eigenvalue weighted by molar-refractivity contribution is 6.33. The third-order valence-corrected chi connectivity index (χ3v) is 1.64. The number of ether oxygens (including phenoxy) is 1. The van der Waals surface area contributed by atoms with E-state index >= 15 is 0 Å². The summed E-state index contributed by atoms with van der Waals surface area (Å²) in [4.78, 5) is 14.7. The van der Waals surface area contributed by atoms with Gasteiger partial charge in [0.25, 0.3) is 0 Å². The van der Waals surface area contributed by atoms with Crippen LogP contribution in [-0.4, -0.2) is 22.7 Å². The molecule has 0 aromatic carbocycles. The van der Waals surface area contributed by atoms with E-state index < -0.39 is 5.97 Å². The summed E-state index contributed by atoms with van der Waals surface area (Å²) in [6, 6.07) is 1.17. The minimum absolute atomic E-state index is 0.121. The van der Waals surface area contributed by atoms with Gasteiger partial charge in [0.1, 0.15) is 0 Å². The van der Waals surface area contributed by atoms with E-state index in [0.717, 1.165) is 0 Å². The lowest BCUT2D eigenvalue weighted by Crippen LogP contribution is -2.05. The molecule has 1 heterocycles. The zero-order chi connectivity index (χ0) is 9.84. The van der Waals surface area contributed by atoms with Gasteiger partial charge < -0.3 is 9.84 Å². The summed E-state index contributed by atoms with van der Waals surface area (Å²) in [7, 11) is 0. The first-order valence-corrected chi connectivity index (χ1v) is 4.04. The highest BCUT2D eigenvalue weighted by atomic mass is 35.5. The van der Waals surface area contributed by atoms with Crippen LogP contribution in [0.1, 0.15) is 17.3 Å². The van der Waals surface area contributed by atoms with Gasteiger partial charge in [0.2, 0.25) is 5.88 Å². The molecule has 0 aliphatic carbocycles. The quantitative estimate of drug-likeness (QED) is 0.739. The van der Waals surface area contributed by atoms with Crippen LogP contribution in [0, 0.1) is 0 Å². The van der Waals surface area contributed by atoms with Gasteiger partial charge in [0.05, 0.1) is 23.4 Å². The number of rotatable bonds is 2. The third kappa shape index (κ3) is 2.32. The van der Waals surface area contributed by atoms with Crippen LogP contribution in [0.4, 0.5) is 0 Å². The summed E-state index contributed by atoms with van der Waals surface area (Å²) in [6.07, 6.45) is 1.20. The molecule has 0 aliphatic rings. The normalized spacial score (nSPS) is 9.69. The number of hydrogen-bond acceptors (Lipinski definition) is 4. The number of esters is 1. The van der Waals surface area contributed by atoms with Crippen molar-refractivity contribution in [1.82, 2.24) is 4.98 Å². The van der Waals surface area contributed by atoms with Gasteiger partial charge in [-0.2, -0.15) is 0 Å². The molecule has 1 aromatic heterocycles. The van der Waals surface area contributed by atoms with Crippen LogP contribution in [0.15, 0.2) is 12.3 Å². The van der Waals surface area contributed by atoms with E-state index in [2.05, 4.69) is 4.98 Å². The lowest BCUT2D eigenvalue weighted by molar-refractivity contribution is 0.0526. The highest BCUT2D eigenvalue weighted by Gasteiger charge is 2.12. The monoisotopic (exact) mass is 201 g/mol. The van der Waals surface area contributed by atoms with Crippen LogP contribution >= 0.6 is 11.6 Å². The average molecular weight is 202 g/mol. The first kappa shape index (κ1) is 9.80. The number of carbonyl (C=O) groups excluding carboxylic acids is 1. The molecule has 70 valence electrons. The van der Waals surface area contributed by atoms with Gasteiger partial charge in [0.15, 0.2) is 0 Å². The van der Waals surface area contributed by atoms with E-state index in [1.165, 1.54) is 12.3 Å². The lowest BCUT2D eigenvalue weighted by atomic mass is 10.3. The Morgan fingerprint density at radius 2 is 2.46 bits per heavy atom. The summed E-state index contributed by atoms with van der Waals surface area (Å²) in [5.74, 6) is -0.822. The van der Waals surface area contributed by atoms with Gasteiger partial charge in [-0.3, -0.25) is 0 Å². The van der Waals surface area contributed by atoms with E-state index in [-0.39, 0.29) is 23.1 Å². The molecular weight excluding hydrogens is 194 g/mol. The Morgan fingerprint density at radius 3 is 3.08 bits per heavy atom. The van der Waals surface area contributed by atoms with Gasteiger partial charge in [-0.1, -0.05) is 11.6 Å². The van der Waals surface area contributed by atoms with Gasteiger partial charge in [-0.05, 0) is 6.92 Å². The van der Waals surface area contributed by atoms with Crippen molar-refractivity contribution < 1.29 is 14.6 Å². The Labute approximate surface area is 80.1 Å². The number of pyridine rings is 1. The Balaban J connectivity index is 2.99. The van der Waals surface area contributed by atoms with Crippen molar-refractivity contribution in [3.05, 3.63) is 22.8 Å². The topological polar surface area (TPSA) is 59.4 Å². The SMILES string of the molecule is CCOC(=O)c1cc(O)ncc1Cl. The molecule has 4 nitrogen and oxygen atoms in total. The van der Waals surface area contributed by atoms with Crippen LogP contribution in [0.5, 0.6) is 5.88 Å². The zero-order valence-corrected chi connectivity index (χ0v) is 7.71. The number of halogens is 1. The first-order valence-electron chi connectivity index (χ1n) is 3.66. The molecule has 0 spiro atoms. The fraction of sp³-hybridized carbons (Fsp3) is 0.250. The second-order valence-corrected chi connectivity index (χ2v) is 2.65. The van der Waals surface area contributed by atoms with E-state index in [0.29, 0.717) is 0 Å². The Hall–Kier alpha value is -1.29. The molecule has 13 heavy (non-hydrogen) atoms. The van der Waals surface area contributed by atoms with Gasteiger partial charge >= 0.3 is 5.97 Å². The fourth-order valence-corrected chi connectivity index (χ4v) is 0.973. The molecule has 1 rings (SSSR count). The Kier molecular flexibility index (Phi) is 3.08. The highest BCUT2D eigenvalue weighted by Crippen LogP contribution is 2.19. The molecule has 1 aromatic rings. The standard InChI is InChI=1S/C8H8ClNO3/c1-2-13-8(12)5-3-7(11)10-4-6(5)9/h3-4H,2H2,1H3,(H,10,11). The molecule has 5 heteroatoms. The number of carbonyl (C=O) groups is 1. The second-order valence-electron chi connectivity index (χ2n) is 2.24. The minimum Gasteiger partial charge on any atom is -0.493 e. The molecule has 0 amide bonds. The van der Waals surface area contributed by atoms with Crippen molar-refractivity contribution >= 4 is 17.6 Å². The molecule has 0 saturated heterocycles. The number of nitrogens with zero attached hydrogens (tertiary/aromatic N) is 1. The lowest BCUT2D eigenvalue weighted by Gasteiger charge is -2.03. The molecule has 0 aliphatic heterocycles. The van der Waals surface area contributed by atoms with E-state index in [1.807, 2.05) is 0 Å². The fourth-order valence-electron chi connectivity index (χ4n) is 0.793. The largest absolute Gasteiger partial charge is 0.493 e. The van der Waals surface area contributed by atoms with Crippen molar-refractivity contribution in [2.75, 3.05) is 6.61 Å². The zero-order valence-electron chi connectivity index (χ0n) is 6.95. The summed E-state index contributed by atoms with van der Waals surface area (Å²) < 4.78 is 4.70. The van der Waals surface area contributed by atoms with Crippen molar-refractivity contribution in [2.45, 2.75) is 6.92 Å². The Bertz CT molecular complexity index is 327. The Morgan fingerprint density at radius 1 is 1.77 bits per heavy atom. The van der Waals surface area contributed by atoms with Crippen LogP contribution < -0.4 is 0 Å². The van der Waals surface area contributed by atoms with Gasteiger partial charge in [-0.25, -0.2) is 9.78 Å². The van der Waals surface area contributed by atoms with Crippen LogP contribution in [0.3, 0.4) is 0 Å². The minimum atomic E-state index is -0.565. The van der Waals surface area contributed by atoms with Crippen LogP contribution in [-0.2, 0) is 4.74 Å². The summed E-state index contributed by atoms with van der Waals surface area (Å²) in [6.45, 7) is 1.95. The molecule has 0 bridgehead atoms. The van der Waals surface area contributed by atoms with E-state index in [4.69, 9.17) is 21.4 Å². The van der Waals surface area contributed by atoms with Crippen molar-refractivity contribution in [1.29, 1.82) is 0 Å². The molecule has 0 unspecified atom stereocenters. The van der Waals surface area contributed by atoms with Crippen LogP contribution in [0.2, 0.25) is 5.02 Å². The van der Waals surface area contributed by atoms with Gasteiger partial charge in [-0.15, -0.1) is 0 Å². The maximum Gasteiger partial charge on any atom is 0.339 e. The summed E-state index contributed by atoms with van der Waals surface area (Å²) in [5, 5.41) is 9.14. The number of aromatic nitrogens is 1. The van der Waals surface area contributed by atoms with Crippen molar-refractivity contribution in [3.63, 3.8) is 0 Å². The number of aromatic hydroxyl groups is 1. The maximum atomic E-state index is 11.2. The predicted molar refractivity (Wildman–Crippen MR) is 46.9 cm³/mol. The summed E-state index contributed by atoms with van der Waals surface area (Å²) >= 11 is 5.65. The summed E-state index contributed by atoms with van der Waals surface area (Å²) in [5.41, 5.74) is 0.121. The van der Waals surface area contributed by atoms with Gasteiger partial charge in [0, 0.05) is 6.07 Å². The third-order valence-electron chi connectivity index (χ3n) is 1.34. The molecule has 0 fully saturated rings. The second kappa shape index (κ2) is 4.09. The molecule has 1 N–H and O–H groups in total. The number of hydrogen-bond donors (Lipinski definition) is 1. The van der Waals surface area contributed by atoms with E-state index in [9.17, 15) is 4.79 Å². The van der Waals surface area contributed by atoms with Crippen molar-refractivity contribution in [3.8, 4) is 5.88 Å². The maximum absolute atomic E-state index is 11.2. The first-order chi connectivity index (χ1) is 6.15. The molecule has 0 saturated carbocycles. The van der Waals surface area contributed by atoms with Crippen molar-refractivity contribution in [2.24, 2.45) is 0 Å². The predicted octanol–water partition coefficient (Wildman–Crippen LogP) is 1.62. The van der Waals surface area contributed by atoms with E-state index in [1.54, 1.807) is 6.92 Å². The smallest absolute Gasteiger partial charge is 0.339 e. The molecule has 0 radical (unpaired) electrons. The van der Waals surface area contributed by atoms with Crippen LogP contribution in [0.25, 0.3) is 0 Å². The molecule has 0 atom stereocenters. The molecular formula is C8H8ClNO3. The average Bonchev–Trinajstić information content (AvgIpc) is 2.09.